The van der Waals surface area contributed by atoms with E-state index in [1.807, 2.05) is 91.1 Å². The minimum Gasteiger partial charge on any atom is -0.495 e. The summed E-state index contributed by atoms with van der Waals surface area (Å²) in [5.41, 5.74) is 6.60. The van der Waals surface area contributed by atoms with E-state index in [9.17, 15) is 9.59 Å². The summed E-state index contributed by atoms with van der Waals surface area (Å²) in [5.74, 6) is 0.106. The summed E-state index contributed by atoms with van der Waals surface area (Å²) in [6, 6.07) is 34.2. The summed E-state index contributed by atoms with van der Waals surface area (Å²) in [5, 5.41) is 6.44. The van der Waals surface area contributed by atoms with Crippen LogP contribution in [0.1, 0.15) is 49.1 Å². The predicted molar refractivity (Wildman–Crippen MR) is 157 cm³/mol. The minimum atomic E-state index is -0.561. The minimum absolute atomic E-state index is 0.0824. The molecule has 1 unspecified atom stereocenters. The lowest BCUT2D eigenvalue weighted by Crippen LogP contribution is -2.22. The number of anilines is 2. The van der Waals surface area contributed by atoms with Gasteiger partial charge in [0, 0.05) is 35.2 Å². The first kappa shape index (κ1) is 25.2. The lowest BCUT2D eigenvalue weighted by molar-refractivity contribution is 0.0966. The van der Waals surface area contributed by atoms with Gasteiger partial charge >= 0.3 is 0 Å². The maximum atomic E-state index is 13.8. The van der Waals surface area contributed by atoms with Crippen molar-refractivity contribution in [2.75, 3.05) is 17.7 Å². The van der Waals surface area contributed by atoms with Gasteiger partial charge < -0.3 is 19.9 Å². The van der Waals surface area contributed by atoms with Crippen LogP contribution < -0.4 is 15.4 Å². The summed E-state index contributed by atoms with van der Waals surface area (Å²) in [6.45, 7) is 0.690. The van der Waals surface area contributed by atoms with Gasteiger partial charge in [0.1, 0.15) is 11.8 Å². The molecular formula is C34H29N3O3. The average molecular weight is 528 g/mol. The number of nitrogens with one attached hydrogen (secondary N) is 2. The van der Waals surface area contributed by atoms with E-state index >= 15 is 0 Å². The zero-order chi connectivity index (χ0) is 27.5. The quantitative estimate of drug-likeness (QED) is 0.230. The molecule has 6 rings (SSSR count). The molecule has 6 nitrogen and oxygen atoms in total. The highest BCUT2D eigenvalue weighted by molar-refractivity contribution is 6.07. The summed E-state index contributed by atoms with van der Waals surface area (Å²) < 4.78 is 7.73. The molecule has 1 aromatic heterocycles. The first-order valence-corrected chi connectivity index (χ1v) is 13.3. The molecule has 6 heteroatoms. The van der Waals surface area contributed by atoms with Crippen LogP contribution in [0.25, 0.3) is 0 Å². The topological polar surface area (TPSA) is 72.4 Å². The molecule has 1 aliphatic rings. The number of nitrogens with zero attached hydrogens (tertiary/aromatic N) is 1. The summed E-state index contributed by atoms with van der Waals surface area (Å²) in [6.07, 6.45) is 2.64. The molecule has 0 fully saturated rings. The number of carbonyl (C=O) groups excluding carboxylic acids is 2. The Kier molecular flexibility index (Phi) is 6.89. The highest BCUT2D eigenvalue weighted by atomic mass is 16.5. The van der Waals surface area contributed by atoms with Crippen LogP contribution >= 0.6 is 0 Å². The van der Waals surface area contributed by atoms with Crippen molar-refractivity contribution in [2.45, 2.75) is 19.0 Å². The molecule has 1 aliphatic heterocycles. The van der Waals surface area contributed by atoms with E-state index in [0.29, 0.717) is 35.5 Å². The Morgan fingerprint density at radius 3 is 2.52 bits per heavy atom. The van der Waals surface area contributed by atoms with Crippen LogP contribution in [0.3, 0.4) is 0 Å². The van der Waals surface area contributed by atoms with Crippen LogP contribution in [0.15, 0.2) is 115 Å². The number of hydrogen-bond donors (Lipinski definition) is 2. The molecule has 0 aliphatic carbocycles. The lowest BCUT2D eigenvalue weighted by Gasteiger charge is -2.19. The second kappa shape index (κ2) is 10.9. The molecule has 0 saturated heterocycles. The second-order valence-corrected chi connectivity index (χ2v) is 9.85. The number of ketones is 1. The Morgan fingerprint density at radius 1 is 0.900 bits per heavy atom. The molecule has 1 atom stereocenters. The van der Waals surface area contributed by atoms with Crippen molar-refractivity contribution in [2.24, 2.45) is 0 Å². The maximum Gasteiger partial charge on any atom is 0.256 e. The highest BCUT2D eigenvalue weighted by Gasteiger charge is 2.28. The third kappa shape index (κ3) is 4.99. The fourth-order valence-corrected chi connectivity index (χ4v) is 5.26. The Hall–Kier alpha value is -5.10. The molecule has 0 saturated carbocycles. The molecule has 1 amide bonds. The number of fused-ring (bicyclic) bond motifs is 2. The van der Waals surface area contributed by atoms with Gasteiger partial charge in [-0.1, -0.05) is 66.7 Å². The first-order valence-electron chi connectivity index (χ1n) is 13.3. The number of benzene rings is 4. The number of methoxy groups -OCH3 is 1. The van der Waals surface area contributed by atoms with Gasteiger partial charge in [0.25, 0.3) is 5.91 Å². The molecular weight excluding hydrogens is 498 g/mol. The van der Waals surface area contributed by atoms with Gasteiger partial charge in [-0.3, -0.25) is 9.59 Å². The summed E-state index contributed by atoms with van der Waals surface area (Å²) in [4.78, 5) is 27.2. The van der Waals surface area contributed by atoms with Crippen LogP contribution in [0.5, 0.6) is 5.75 Å². The van der Waals surface area contributed by atoms with Gasteiger partial charge in [-0.05, 0) is 65.6 Å². The molecule has 4 aromatic carbocycles. The Bertz CT molecular complexity index is 1690. The monoisotopic (exact) mass is 527 g/mol. The lowest BCUT2D eigenvalue weighted by atomic mass is 9.99. The molecule has 40 heavy (non-hydrogen) atoms. The van der Waals surface area contributed by atoms with E-state index in [4.69, 9.17) is 4.74 Å². The van der Waals surface area contributed by atoms with Crippen LogP contribution in [-0.2, 0) is 13.0 Å². The van der Waals surface area contributed by atoms with E-state index < -0.39 is 6.04 Å². The van der Waals surface area contributed by atoms with Crippen molar-refractivity contribution >= 4 is 23.1 Å². The fourth-order valence-electron chi connectivity index (χ4n) is 5.26. The van der Waals surface area contributed by atoms with E-state index in [2.05, 4.69) is 21.3 Å². The summed E-state index contributed by atoms with van der Waals surface area (Å²) in [7, 11) is 1.54. The Morgan fingerprint density at radius 2 is 1.68 bits per heavy atom. The van der Waals surface area contributed by atoms with Crippen molar-refractivity contribution in [1.29, 1.82) is 0 Å². The molecule has 0 bridgehead atoms. The first-order chi connectivity index (χ1) is 19.6. The molecule has 198 valence electrons. The van der Waals surface area contributed by atoms with Gasteiger partial charge in [0.05, 0.1) is 12.8 Å². The fraction of sp³-hybridized carbons (Fsp3) is 0.118. The molecule has 0 radical (unpaired) electrons. The summed E-state index contributed by atoms with van der Waals surface area (Å²) >= 11 is 0. The van der Waals surface area contributed by atoms with E-state index in [-0.39, 0.29) is 11.7 Å². The number of ether oxygens (including phenoxy) is 1. The van der Waals surface area contributed by atoms with Gasteiger partial charge in [0.2, 0.25) is 0 Å². The van der Waals surface area contributed by atoms with Gasteiger partial charge in [-0.15, -0.1) is 0 Å². The molecule has 5 aromatic rings. The van der Waals surface area contributed by atoms with Gasteiger partial charge in [-0.25, -0.2) is 0 Å². The standard InChI is InChI=1S/C34H29N3O3/c1-40-31-21-25(33(38)32-30-16-9-19-37(30)22-26-13-6-8-15-28(26)35-32)17-18-29(31)36-34(39)27-14-7-5-12-24(27)20-23-10-3-2-4-11-23/h2-19,21,32,35H,20,22H2,1H3,(H,36,39). The number of rotatable bonds is 7. The van der Waals surface area contributed by atoms with Gasteiger partial charge in [-0.2, -0.15) is 0 Å². The number of aromatic nitrogens is 1. The SMILES string of the molecule is COc1cc(C(=O)C2Nc3ccccc3Cn3cccc32)ccc1NC(=O)c1ccccc1Cc1ccccc1. The smallest absolute Gasteiger partial charge is 0.256 e. The third-order valence-electron chi connectivity index (χ3n) is 7.31. The van der Waals surface area contributed by atoms with Crippen molar-refractivity contribution in [3.63, 3.8) is 0 Å². The molecule has 2 heterocycles. The van der Waals surface area contributed by atoms with Gasteiger partial charge in [0.15, 0.2) is 5.78 Å². The molecule has 0 spiro atoms. The predicted octanol–water partition coefficient (Wildman–Crippen LogP) is 6.74. The number of amides is 1. The number of para-hydroxylation sites is 1. The zero-order valence-corrected chi connectivity index (χ0v) is 22.1. The number of Topliss-reactive ketones (excluding diaryl/α,β-unsaturated/α-hetero) is 1. The van der Waals surface area contributed by atoms with Crippen molar-refractivity contribution in [3.05, 3.63) is 149 Å². The normalized spacial score (nSPS) is 13.8. The van der Waals surface area contributed by atoms with Crippen molar-refractivity contribution in [3.8, 4) is 5.75 Å². The highest BCUT2D eigenvalue weighted by Crippen LogP contribution is 2.33. The van der Waals surface area contributed by atoms with E-state index in [0.717, 1.165) is 28.1 Å². The Balaban J connectivity index is 1.26. The average Bonchev–Trinajstić information content (AvgIpc) is 3.38. The number of carbonyl (C=O) groups is 2. The third-order valence-corrected chi connectivity index (χ3v) is 7.31. The van der Waals surface area contributed by atoms with E-state index in [1.165, 1.54) is 7.11 Å². The Labute approximate surface area is 233 Å². The number of hydrogen-bond acceptors (Lipinski definition) is 4. The van der Waals surface area contributed by atoms with E-state index in [1.54, 1.807) is 18.2 Å². The van der Waals surface area contributed by atoms with Crippen LogP contribution in [-0.4, -0.2) is 23.4 Å². The van der Waals surface area contributed by atoms with Crippen LogP contribution in [0, 0.1) is 0 Å². The second-order valence-electron chi connectivity index (χ2n) is 9.85. The van der Waals surface area contributed by atoms with Crippen LogP contribution in [0.4, 0.5) is 11.4 Å². The molecule has 2 N–H and O–H groups in total. The van der Waals surface area contributed by atoms with Crippen LogP contribution in [0.2, 0.25) is 0 Å². The zero-order valence-electron chi connectivity index (χ0n) is 22.1. The largest absolute Gasteiger partial charge is 0.495 e. The van der Waals surface area contributed by atoms with Crippen molar-refractivity contribution in [1.82, 2.24) is 4.57 Å². The maximum absolute atomic E-state index is 13.8. The van der Waals surface area contributed by atoms with Crippen molar-refractivity contribution < 1.29 is 14.3 Å².